The Balaban J connectivity index is 2.52. The van der Waals surface area contributed by atoms with Crippen molar-refractivity contribution >= 4 is 11.9 Å². The minimum atomic E-state index is -1.04. The molecule has 2 aromatic rings. The number of carboxylic acids is 2. The summed E-state index contributed by atoms with van der Waals surface area (Å²) in [6.07, 6.45) is -0.481. The largest absolute Gasteiger partial charge is 0.493 e. The van der Waals surface area contributed by atoms with Gasteiger partial charge >= 0.3 is 11.9 Å². The maximum Gasteiger partial charge on any atom is 0.307 e. The molecule has 0 amide bonds. The van der Waals surface area contributed by atoms with Crippen molar-refractivity contribution in [1.82, 2.24) is 0 Å². The minimum Gasteiger partial charge on any atom is -0.493 e. The number of hydrogen-bond acceptors (Lipinski definition) is 6. The molecule has 0 bridgehead atoms. The molecule has 0 atom stereocenters. The van der Waals surface area contributed by atoms with E-state index in [1.165, 1.54) is 26.4 Å². The van der Waals surface area contributed by atoms with Gasteiger partial charge in [-0.1, -0.05) is 6.07 Å². The third-order valence-corrected chi connectivity index (χ3v) is 3.79. The van der Waals surface area contributed by atoms with Crippen LogP contribution in [0, 0.1) is 0 Å². The maximum absolute atomic E-state index is 11.3. The molecule has 2 aromatic carbocycles. The average molecular weight is 390 g/mol. The highest BCUT2D eigenvalue weighted by molar-refractivity contribution is 5.73. The van der Waals surface area contributed by atoms with E-state index in [2.05, 4.69) is 0 Å². The summed E-state index contributed by atoms with van der Waals surface area (Å²) in [5.74, 6) is -0.350. The molecule has 0 aliphatic heterocycles. The summed E-state index contributed by atoms with van der Waals surface area (Å²) in [5.41, 5.74) is 0.891. The third-order valence-electron chi connectivity index (χ3n) is 3.79. The zero-order valence-electron chi connectivity index (χ0n) is 15.9. The van der Waals surface area contributed by atoms with E-state index in [0.29, 0.717) is 35.0 Å². The Bertz CT molecular complexity index is 860. The molecule has 0 fully saturated rings. The highest BCUT2D eigenvalue weighted by Gasteiger charge is 2.18. The van der Waals surface area contributed by atoms with Gasteiger partial charge in [0.25, 0.3) is 0 Å². The molecule has 0 aliphatic carbocycles. The third kappa shape index (κ3) is 5.29. The molecule has 8 nitrogen and oxygen atoms in total. The van der Waals surface area contributed by atoms with Crippen LogP contribution in [0.1, 0.15) is 18.1 Å². The number of carboxylic acid groups (broad SMARTS) is 2. The molecule has 8 heteroatoms. The van der Waals surface area contributed by atoms with E-state index in [0.717, 1.165) is 0 Å². The first-order valence-electron chi connectivity index (χ1n) is 8.50. The fraction of sp³-hybridized carbons (Fsp3) is 0.300. The van der Waals surface area contributed by atoms with Gasteiger partial charge in [0, 0.05) is 11.6 Å². The van der Waals surface area contributed by atoms with Crippen LogP contribution in [0.15, 0.2) is 30.3 Å². The number of methoxy groups -OCH3 is 2. The molecule has 0 saturated carbocycles. The van der Waals surface area contributed by atoms with Crippen molar-refractivity contribution in [3.8, 4) is 28.7 Å². The molecule has 28 heavy (non-hydrogen) atoms. The number of carbonyl (C=O) groups is 2. The van der Waals surface area contributed by atoms with E-state index in [1.54, 1.807) is 25.1 Å². The SMILES string of the molecule is CCOc1ccc(CC(=O)O)cc1Oc1cc(OC)c(OC)cc1CC(=O)O. The normalized spacial score (nSPS) is 10.2. The lowest BCUT2D eigenvalue weighted by atomic mass is 10.1. The van der Waals surface area contributed by atoms with Crippen LogP contribution < -0.4 is 18.9 Å². The van der Waals surface area contributed by atoms with Gasteiger partial charge in [-0.2, -0.15) is 0 Å². The van der Waals surface area contributed by atoms with E-state index in [1.807, 2.05) is 0 Å². The van der Waals surface area contributed by atoms with Crippen LogP contribution in [0.2, 0.25) is 0 Å². The van der Waals surface area contributed by atoms with Crippen molar-refractivity contribution in [2.24, 2.45) is 0 Å². The Labute approximate surface area is 162 Å². The monoisotopic (exact) mass is 390 g/mol. The van der Waals surface area contributed by atoms with Crippen molar-refractivity contribution in [3.05, 3.63) is 41.5 Å². The first-order chi connectivity index (χ1) is 13.4. The molecule has 0 aromatic heterocycles. The average Bonchev–Trinajstić information content (AvgIpc) is 2.64. The topological polar surface area (TPSA) is 112 Å². The van der Waals surface area contributed by atoms with E-state index in [-0.39, 0.29) is 24.3 Å². The molecule has 0 heterocycles. The summed E-state index contributed by atoms with van der Waals surface area (Å²) in [7, 11) is 2.91. The fourth-order valence-electron chi connectivity index (χ4n) is 2.61. The van der Waals surface area contributed by atoms with Crippen LogP contribution in [0.25, 0.3) is 0 Å². The molecular formula is C20H22O8. The summed E-state index contributed by atoms with van der Waals surface area (Å²) in [6.45, 7) is 2.18. The van der Waals surface area contributed by atoms with Gasteiger partial charge in [0.15, 0.2) is 23.0 Å². The predicted octanol–water partition coefficient (Wildman–Crippen LogP) is 3.15. The van der Waals surface area contributed by atoms with Gasteiger partial charge < -0.3 is 29.2 Å². The molecule has 0 aliphatic rings. The zero-order valence-corrected chi connectivity index (χ0v) is 15.9. The number of aliphatic carboxylic acids is 2. The Morgan fingerprint density at radius 2 is 1.46 bits per heavy atom. The standard InChI is InChI=1S/C20H22O8/c1-4-27-14-6-5-12(8-19(21)22)7-18(14)28-15-11-17(26-3)16(25-2)9-13(15)10-20(23)24/h5-7,9,11H,4,8,10H2,1-3H3,(H,21,22)(H,23,24). The smallest absolute Gasteiger partial charge is 0.307 e. The van der Waals surface area contributed by atoms with Gasteiger partial charge in [-0.25, -0.2) is 0 Å². The van der Waals surface area contributed by atoms with E-state index < -0.39 is 11.9 Å². The summed E-state index contributed by atoms with van der Waals surface area (Å²) in [4.78, 5) is 22.3. The number of ether oxygens (including phenoxy) is 4. The second-order valence-corrected chi connectivity index (χ2v) is 5.77. The van der Waals surface area contributed by atoms with Gasteiger partial charge in [0.05, 0.1) is 33.7 Å². The highest BCUT2D eigenvalue weighted by atomic mass is 16.5. The van der Waals surface area contributed by atoms with Crippen molar-refractivity contribution in [2.75, 3.05) is 20.8 Å². The first-order valence-corrected chi connectivity index (χ1v) is 8.50. The van der Waals surface area contributed by atoms with Crippen LogP contribution >= 0.6 is 0 Å². The Kier molecular flexibility index (Phi) is 7.08. The Morgan fingerprint density at radius 1 is 0.821 bits per heavy atom. The lowest BCUT2D eigenvalue weighted by molar-refractivity contribution is -0.137. The van der Waals surface area contributed by atoms with Gasteiger partial charge in [-0.05, 0) is 30.7 Å². The Morgan fingerprint density at radius 3 is 2.04 bits per heavy atom. The van der Waals surface area contributed by atoms with Crippen molar-refractivity contribution < 1.29 is 38.7 Å². The van der Waals surface area contributed by atoms with E-state index >= 15 is 0 Å². The van der Waals surface area contributed by atoms with Gasteiger partial charge in [0.2, 0.25) is 0 Å². The summed E-state index contributed by atoms with van der Waals surface area (Å²) >= 11 is 0. The van der Waals surface area contributed by atoms with Crippen molar-refractivity contribution in [3.63, 3.8) is 0 Å². The Hall–Kier alpha value is -3.42. The lowest BCUT2D eigenvalue weighted by Crippen LogP contribution is -2.05. The lowest BCUT2D eigenvalue weighted by Gasteiger charge is -2.17. The minimum absolute atomic E-state index is 0.184. The summed E-state index contributed by atoms with van der Waals surface area (Å²) in [6, 6.07) is 7.87. The molecule has 0 spiro atoms. The number of hydrogen-bond donors (Lipinski definition) is 2. The maximum atomic E-state index is 11.3. The highest BCUT2D eigenvalue weighted by Crippen LogP contribution is 2.40. The van der Waals surface area contributed by atoms with Crippen LogP contribution in [0.3, 0.4) is 0 Å². The van der Waals surface area contributed by atoms with E-state index in [4.69, 9.17) is 24.1 Å². The summed E-state index contributed by atoms with van der Waals surface area (Å²) < 4.78 is 22.0. The van der Waals surface area contributed by atoms with Gasteiger partial charge in [0.1, 0.15) is 5.75 Å². The van der Waals surface area contributed by atoms with Crippen LogP contribution in [0.5, 0.6) is 28.7 Å². The zero-order chi connectivity index (χ0) is 20.7. The van der Waals surface area contributed by atoms with Crippen molar-refractivity contribution in [2.45, 2.75) is 19.8 Å². The van der Waals surface area contributed by atoms with Crippen molar-refractivity contribution in [1.29, 1.82) is 0 Å². The van der Waals surface area contributed by atoms with Crippen LogP contribution in [0.4, 0.5) is 0 Å². The first kappa shape index (κ1) is 20.9. The fourth-order valence-corrected chi connectivity index (χ4v) is 2.61. The molecule has 150 valence electrons. The molecule has 0 radical (unpaired) electrons. The van der Waals surface area contributed by atoms with Crippen LogP contribution in [-0.2, 0) is 22.4 Å². The molecule has 0 unspecified atom stereocenters. The van der Waals surface area contributed by atoms with Gasteiger partial charge in [-0.15, -0.1) is 0 Å². The van der Waals surface area contributed by atoms with E-state index in [9.17, 15) is 14.7 Å². The quantitative estimate of drug-likeness (QED) is 0.636. The molecular weight excluding hydrogens is 368 g/mol. The second kappa shape index (κ2) is 9.50. The number of benzene rings is 2. The van der Waals surface area contributed by atoms with Gasteiger partial charge in [-0.3, -0.25) is 9.59 Å². The molecule has 2 N–H and O–H groups in total. The van der Waals surface area contributed by atoms with Crippen LogP contribution in [-0.4, -0.2) is 43.0 Å². The molecule has 0 saturated heterocycles. The second-order valence-electron chi connectivity index (χ2n) is 5.77. The predicted molar refractivity (Wildman–Crippen MR) is 99.9 cm³/mol. The number of rotatable bonds is 10. The molecule has 2 rings (SSSR count). The summed E-state index contributed by atoms with van der Waals surface area (Å²) in [5, 5.41) is 18.2.